The largest absolute Gasteiger partial charge is 0.493 e. The van der Waals surface area contributed by atoms with E-state index < -0.39 is 0 Å². The van der Waals surface area contributed by atoms with Crippen LogP contribution >= 0.6 is 0 Å². The number of hydrogen-bond donors (Lipinski definition) is 2. The Labute approximate surface area is 217 Å². The summed E-state index contributed by atoms with van der Waals surface area (Å²) in [5.41, 5.74) is 5.67. The van der Waals surface area contributed by atoms with Crippen molar-refractivity contribution in [2.45, 2.75) is 20.3 Å². The highest BCUT2D eigenvalue weighted by atomic mass is 16.5. The van der Waals surface area contributed by atoms with Crippen LogP contribution < -0.4 is 24.4 Å². The van der Waals surface area contributed by atoms with E-state index in [2.05, 4.69) is 47.2 Å². The zero-order chi connectivity index (χ0) is 25.8. The standard InChI is InChI=1S/C29H34N4O4/c1-19-20(2)30-25-7-6-22(16-24(19)25)31-28-17-23(18-29(32-28)33-10-13-36-14-11-33)37-12-9-21-5-8-26(34-3)27(15-21)35-4/h5-8,15-18,30H,9-14H2,1-4H3,(H,31,32). The van der Waals surface area contributed by atoms with Crippen LogP contribution in [0.1, 0.15) is 16.8 Å². The molecule has 0 atom stereocenters. The molecule has 0 radical (unpaired) electrons. The van der Waals surface area contributed by atoms with Crippen LogP contribution in [-0.4, -0.2) is 57.1 Å². The smallest absolute Gasteiger partial charge is 0.160 e. The zero-order valence-electron chi connectivity index (χ0n) is 21.9. The SMILES string of the molecule is COc1ccc(CCOc2cc(Nc3ccc4[nH]c(C)c(C)c4c3)nc(N3CCOCC3)c2)cc1OC. The van der Waals surface area contributed by atoms with Gasteiger partial charge >= 0.3 is 0 Å². The number of anilines is 3. The van der Waals surface area contributed by atoms with Crippen molar-refractivity contribution in [1.29, 1.82) is 0 Å². The molecule has 2 N–H and O–H groups in total. The molecule has 2 aromatic carbocycles. The van der Waals surface area contributed by atoms with Gasteiger partial charge in [-0.3, -0.25) is 0 Å². The monoisotopic (exact) mass is 502 g/mol. The molecule has 0 spiro atoms. The number of hydrogen-bond acceptors (Lipinski definition) is 7. The van der Waals surface area contributed by atoms with E-state index in [1.807, 2.05) is 30.3 Å². The molecule has 1 aliphatic rings. The minimum atomic E-state index is 0.523. The van der Waals surface area contributed by atoms with Gasteiger partial charge in [-0.1, -0.05) is 6.07 Å². The minimum absolute atomic E-state index is 0.523. The fourth-order valence-electron chi connectivity index (χ4n) is 4.60. The Balaban J connectivity index is 1.36. The van der Waals surface area contributed by atoms with Gasteiger partial charge in [-0.25, -0.2) is 4.98 Å². The third kappa shape index (κ3) is 5.59. The van der Waals surface area contributed by atoms with Crippen molar-refractivity contribution in [3.8, 4) is 17.2 Å². The molecule has 8 heteroatoms. The van der Waals surface area contributed by atoms with E-state index in [1.165, 1.54) is 16.6 Å². The lowest BCUT2D eigenvalue weighted by molar-refractivity contribution is 0.122. The number of nitrogens with zero attached hydrogens (tertiary/aromatic N) is 2. The molecule has 1 fully saturated rings. The van der Waals surface area contributed by atoms with Crippen LogP contribution in [0, 0.1) is 13.8 Å². The highest BCUT2D eigenvalue weighted by Gasteiger charge is 2.16. The number of nitrogens with one attached hydrogen (secondary N) is 2. The van der Waals surface area contributed by atoms with E-state index in [9.17, 15) is 0 Å². The molecule has 4 aromatic rings. The van der Waals surface area contributed by atoms with Gasteiger partial charge in [0.15, 0.2) is 11.5 Å². The van der Waals surface area contributed by atoms with Gasteiger partial charge < -0.3 is 34.1 Å². The first-order valence-electron chi connectivity index (χ1n) is 12.6. The fraction of sp³-hybridized carbons (Fsp3) is 0.345. The summed E-state index contributed by atoms with van der Waals surface area (Å²) in [5, 5.41) is 4.70. The van der Waals surface area contributed by atoms with E-state index in [0.29, 0.717) is 19.8 Å². The summed E-state index contributed by atoms with van der Waals surface area (Å²) < 4.78 is 22.5. The van der Waals surface area contributed by atoms with E-state index in [4.69, 9.17) is 23.9 Å². The minimum Gasteiger partial charge on any atom is -0.493 e. The highest BCUT2D eigenvalue weighted by Crippen LogP contribution is 2.30. The second-order valence-electron chi connectivity index (χ2n) is 9.19. The molecule has 0 aliphatic carbocycles. The summed E-state index contributed by atoms with van der Waals surface area (Å²) in [6, 6.07) is 16.2. The molecule has 0 amide bonds. The number of benzene rings is 2. The second-order valence-corrected chi connectivity index (χ2v) is 9.19. The van der Waals surface area contributed by atoms with Crippen molar-refractivity contribution >= 4 is 28.2 Å². The Bertz CT molecular complexity index is 1380. The van der Waals surface area contributed by atoms with Crippen LogP contribution in [0.15, 0.2) is 48.5 Å². The van der Waals surface area contributed by atoms with Gasteiger partial charge in [0.1, 0.15) is 17.4 Å². The molecule has 0 saturated carbocycles. The molecule has 0 bridgehead atoms. The number of fused-ring (bicyclic) bond motifs is 1. The van der Waals surface area contributed by atoms with Crippen LogP contribution in [-0.2, 0) is 11.2 Å². The lowest BCUT2D eigenvalue weighted by Crippen LogP contribution is -2.36. The number of aromatic nitrogens is 2. The Morgan fingerprint density at radius 3 is 2.57 bits per heavy atom. The van der Waals surface area contributed by atoms with Gasteiger partial charge in [0, 0.05) is 53.9 Å². The summed E-state index contributed by atoms with van der Waals surface area (Å²) in [6.45, 7) is 7.75. The molecule has 2 aromatic heterocycles. The maximum absolute atomic E-state index is 6.23. The van der Waals surface area contributed by atoms with Crippen LogP contribution in [0.3, 0.4) is 0 Å². The summed E-state index contributed by atoms with van der Waals surface area (Å²) >= 11 is 0. The predicted molar refractivity (Wildman–Crippen MR) is 147 cm³/mol. The van der Waals surface area contributed by atoms with Gasteiger partial charge in [-0.15, -0.1) is 0 Å². The Hall–Kier alpha value is -3.91. The van der Waals surface area contributed by atoms with Crippen LogP contribution in [0.5, 0.6) is 17.2 Å². The Kier molecular flexibility index (Phi) is 7.37. The highest BCUT2D eigenvalue weighted by molar-refractivity contribution is 5.88. The Morgan fingerprint density at radius 2 is 1.78 bits per heavy atom. The number of pyridine rings is 1. The molecule has 8 nitrogen and oxygen atoms in total. The van der Waals surface area contributed by atoms with Crippen molar-refractivity contribution in [2.75, 3.05) is 57.3 Å². The first-order chi connectivity index (χ1) is 18.0. The number of ether oxygens (including phenoxy) is 4. The third-order valence-electron chi connectivity index (χ3n) is 6.81. The van der Waals surface area contributed by atoms with E-state index in [1.54, 1.807) is 14.2 Å². The number of methoxy groups -OCH3 is 2. The fourth-order valence-corrected chi connectivity index (χ4v) is 4.60. The first-order valence-corrected chi connectivity index (χ1v) is 12.6. The molecule has 1 saturated heterocycles. The molecule has 0 unspecified atom stereocenters. The summed E-state index contributed by atoms with van der Waals surface area (Å²) in [7, 11) is 3.29. The normalized spacial score (nSPS) is 13.6. The average Bonchev–Trinajstić information content (AvgIpc) is 3.21. The van der Waals surface area contributed by atoms with Crippen LogP contribution in [0.25, 0.3) is 10.9 Å². The van der Waals surface area contributed by atoms with Crippen molar-refractivity contribution in [2.24, 2.45) is 0 Å². The van der Waals surface area contributed by atoms with Crippen LogP contribution in [0.4, 0.5) is 17.3 Å². The van der Waals surface area contributed by atoms with Gasteiger partial charge in [-0.2, -0.15) is 0 Å². The van der Waals surface area contributed by atoms with Gasteiger partial charge in [-0.05, 0) is 55.3 Å². The van der Waals surface area contributed by atoms with E-state index >= 15 is 0 Å². The molecule has 37 heavy (non-hydrogen) atoms. The lowest BCUT2D eigenvalue weighted by Gasteiger charge is -2.28. The van der Waals surface area contributed by atoms with Crippen molar-refractivity contribution < 1.29 is 18.9 Å². The predicted octanol–water partition coefficient (Wildman–Crippen LogP) is 5.40. The molecule has 194 valence electrons. The molecule has 1 aliphatic heterocycles. The average molecular weight is 503 g/mol. The topological polar surface area (TPSA) is 80.9 Å². The van der Waals surface area contributed by atoms with E-state index in [0.717, 1.165) is 65.2 Å². The van der Waals surface area contributed by atoms with Gasteiger partial charge in [0.2, 0.25) is 0 Å². The second kappa shape index (κ2) is 11.0. The molecule has 3 heterocycles. The van der Waals surface area contributed by atoms with Crippen molar-refractivity contribution in [3.05, 3.63) is 65.4 Å². The van der Waals surface area contributed by atoms with E-state index in [-0.39, 0.29) is 0 Å². The quantitative estimate of drug-likeness (QED) is 0.317. The maximum atomic E-state index is 6.23. The number of rotatable bonds is 9. The maximum Gasteiger partial charge on any atom is 0.160 e. The Morgan fingerprint density at radius 1 is 0.973 bits per heavy atom. The summed E-state index contributed by atoms with van der Waals surface area (Å²) in [6.07, 6.45) is 0.737. The number of H-pyrrole nitrogens is 1. The molecule has 5 rings (SSSR count). The van der Waals surface area contributed by atoms with Crippen molar-refractivity contribution in [3.63, 3.8) is 0 Å². The molecular weight excluding hydrogens is 468 g/mol. The summed E-state index contributed by atoms with van der Waals surface area (Å²) in [5.74, 6) is 3.83. The van der Waals surface area contributed by atoms with Crippen molar-refractivity contribution in [1.82, 2.24) is 9.97 Å². The third-order valence-corrected chi connectivity index (χ3v) is 6.81. The lowest BCUT2D eigenvalue weighted by atomic mass is 10.1. The first kappa shape index (κ1) is 24.8. The number of aromatic amines is 1. The van der Waals surface area contributed by atoms with Gasteiger partial charge in [0.05, 0.1) is 34.0 Å². The van der Waals surface area contributed by atoms with Crippen LogP contribution in [0.2, 0.25) is 0 Å². The zero-order valence-corrected chi connectivity index (χ0v) is 21.9. The van der Waals surface area contributed by atoms with Gasteiger partial charge in [0.25, 0.3) is 0 Å². The molecular formula is C29H34N4O4. The number of morpholine rings is 1. The number of aryl methyl sites for hydroxylation is 2. The summed E-state index contributed by atoms with van der Waals surface area (Å²) in [4.78, 5) is 10.6.